The molecule has 1 amide bonds. The summed E-state index contributed by atoms with van der Waals surface area (Å²) in [5.41, 5.74) is 1.35. The van der Waals surface area contributed by atoms with Gasteiger partial charge in [-0.15, -0.1) is 0 Å². The summed E-state index contributed by atoms with van der Waals surface area (Å²) in [5.74, 6) is 2.16. The quantitative estimate of drug-likeness (QED) is 0.706. The molecule has 2 aromatic carbocycles. The first-order valence-electron chi connectivity index (χ1n) is 8.52. The fraction of sp³-hybridized carbons (Fsp3) is 0.286. The number of anilines is 1. The second-order valence-corrected chi connectivity index (χ2v) is 5.97. The van der Waals surface area contributed by atoms with E-state index in [9.17, 15) is 4.79 Å². The zero-order valence-electron chi connectivity index (χ0n) is 16.2. The van der Waals surface area contributed by atoms with Crippen LogP contribution in [0.1, 0.15) is 19.4 Å². The van der Waals surface area contributed by atoms with Crippen molar-refractivity contribution >= 4 is 17.7 Å². The highest BCUT2D eigenvalue weighted by Gasteiger charge is 2.09. The van der Waals surface area contributed by atoms with Gasteiger partial charge in [0.2, 0.25) is 5.91 Å². The Morgan fingerprint density at radius 3 is 2.26 bits per heavy atom. The molecule has 2 aromatic rings. The number of rotatable bonds is 8. The molecule has 6 heteroatoms. The lowest BCUT2D eigenvalue weighted by molar-refractivity contribution is -0.111. The van der Waals surface area contributed by atoms with Gasteiger partial charge >= 0.3 is 0 Å². The van der Waals surface area contributed by atoms with Crippen LogP contribution in [0.15, 0.2) is 42.5 Å². The molecular formula is C21H25NO5. The average Bonchev–Trinajstić information content (AvgIpc) is 2.66. The predicted octanol–water partition coefficient (Wildman–Crippen LogP) is 4.15. The number of carbonyl (C=O) groups is 1. The number of ether oxygens (including phenoxy) is 4. The van der Waals surface area contributed by atoms with Gasteiger partial charge in [0, 0.05) is 12.1 Å². The van der Waals surface area contributed by atoms with Crippen molar-refractivity contribution in [3.8, 4) is 23.0 Å². The second-order valence-electron chi connectivity index (χ2n) is 5.97. The maximum Gasteiger partial charge on any atom is 0.248 e. The van der Waals surface area contributed by atoms with Gasteiger partial charge < -0.3 is 24.3 Å². The SMILES string of the molecule is COc1ccc(OC)c(NC(=O)C=Cc2ccc(OC(C)C)c(OC)c2)c1. The fourth-order valence-corrected chi connectivity index (χ4v) is 2.40. The molecule has 0 radical (unpaired) electrons. The number of nitrogens with one attached hydrogen (secondary N) is 1. The smallest absolute Gasteiger partial charge is 0.248 e. The number of benzene rings is 2. The molecular weight excluding hydrogens is 346 g/mol. The number of methoxy groups -OCH3 is 3. The minimum absolute atomic E-state index is 0.0453. The molecule has 1 N–H and O–H groups in total. The summed E-state index contributed by atoms with van der Waals surface area (Å²) in [6.07, 6.45) is 3.18. The van der Waals surface area contributed by atoms with Crippen LogP contribution in [-0.2, 0) is 4.79 Å². The summed E-state index contributed by atoms with van der Waals surface area (Å²) < 4.78 is 21.5. The summed E-state index contributed by atoms with van der Waals surface area (Å²) in [5, 5.41) is 2.79. The van der Waals surface area contributed by atoms with E-state index in [0.717, 1.165) is 5.56 Å². The molecule has 144 valence electrons. The number of carbonyl (C=O) groups excluding carboxylic acids is 1. The molecule has 0 saturated carbocycles. The molecule has 6 nitrogen and oxygen atoms in total. The Bertz CT molecular complexity index is 814. The van der Waals surface area contributed by atoms with Crippen molar-refractivity contribution in [3.05, 3.63) is 48.0 Å². The van der Waals surface area contributed by atoms with Gasteiger partial charge in [0.15, 0.2) is 11.5 Å². The highest BCUT2D eigenvalue weighted by Crippen LogP contribution is 2.30. The van der Waals surface area contributed by atoms with Crippen molar-refractivity contribution in [3.63, 3.8) is 0 Å². The molecule has 0 bridgehead atoms. The van der Waals surface area contributed by atoms with Crippen molar-refractivity contribution in [2.45, 2.75) is 20.0 Å². The fourth-order valence-electron chi connectivity index (χ4n) is 2.40. The highest BCUT2D eigenvalue weighted by molar-refractivity contribution is 6.02. The van der Waals surface area contributed by atoms with E-state index in [2.05, 4.69) is 5.32 Å². The van der Waals surface area contributed by atoms with Crippen molar-refractivity contribution in [1.82, 2.24) is 0 Å². The van der Waals surface area contributed by atoms with Crippen LogP contribution in [0.3, 0.4) is 0 Å². The van der Waals surface area contributed by atoms with Gasteiger partial charge in [-0.2, -0.15) is 0 Å². The van der Waals surface area contributed by atoms with Crippen LogP contribution in [0.4, 0.5) is 5.69 Å². The van der Waals surface area contributed by atoms with E-state index in [1.807, 2.05) is 32.0 Å². The minimum Gasteiger partial charge on any atom is -0.497 e. The number of hydrogen-bond acceptors (Lipinski definition) is 5. The molecule has 0 atom stereocenters. The number of amides is 1. The highest BCUT2D eigenvalue weighted by atomic mass is 16.5. The summed E-state index contributed by atoms with van der Waals surface area (Å²) in [4.78, 5) is 12.3. The second kappa shape index (κ2) is 9.52. The predicted molar refractivity (Wildman–Crippen MR) is 106 cm³/mol. The van der Waals surface area contributed by atoms with Crippen molar-refractivity contribution in [2.75, 3.05) is 26.6 Å². The van der Waals surface area contributed by atoms with Crippen LogP contribution in [0.25, 0.3) is 6.08 Å². The maximum atomic E-state index is 12.3. The van der Waals surface area contributed by atoms with Gasteiger partial charge in [-0.25, -0.2) is 0 Å². The third-order valence-electron chi connectivity index (χ3n) is 3.64. The van der Waals surface area contributed by atoms with Crippen LogP contribution in [0.2, 0.25) is 0 Å². The van der Waals surface area contributed by atoms with Crippen molar-refractivity contribution in [1.29, 1.82) is 0 Å². The summed E-state index contributed by atoms with van der Waals surface area (Å²) in [7, 11) is 4.69. The maximum absolute atomic E-state index is 12.3. The Balaban J connectivity index is 2.13. The third-order valence-corrected chi connectivity index (χ3v) is 3.64. The average molecular weight is 371 g/mol. The van der Waals surface area contributed by atoms with E-state index >= 15 is 0 Å². The first-order valence-corrected chi connectivity index (χ1v) is 8.52. The van der Waals surface area contributed by atoms with Gasteiger partial charge in [0.1, 0.15) is 11.5 Å². The summed E-state index contributed by atoms with van der Waals surface area (Å²) >= 11 is 0. The van der Waals surface area contributed by atoms with Gasteiger partial charge in [0.25, 0.3) is 0 Å². The van der Waals surface area contributed by atoms with E-state index < -0.39 is 0 Å². The van der Waals surface area contributed by atoms with E-state index in [1.165, 1.54) is 6.08 Å². The summed E-state index contributed by atoms with van der Waals surface area (Å²) in [6.45, 7) is 3.90. The van der Waals surface area contributed by atoms with Crippen LogP contribution in [-0.4, -0.2) is 33.3 Å². The molecule has 0 aliphatic rings. The summed E-state index contributed by atoms with van der Waals surface area (Å²) in [6, 6.07) is 10.7. The zero-order valence-corrected chi connectivity index (χ0v) is 16.2. The first kappa shape index (κ1) is 20.2. The molecule has 0 spiro atoms. The minimum atomic E-state index is -0.289. The molecule has 0 saturated heterocycles. The molecule has 2 rings (SSSR count). The third kappa shape index (κ3) is 5.67. The Hall–Kier alpha value is -3.15. The molecule has 27 heavy (non-hydrogen) atoms. The van der Waals surface area contributed by atoms with E-state index in [1.54, 1.807) is 45.6 Å². The Morgan fingerprint density at radius 1 is 0.926 bits per heavy atom. The van der Waals surface area contributed by atoms with Crippen LogP contribution >= 0.6 is 0 Å². The van der Waals surface area contributed by atoms with Crippen molar-refractivity contribution < 1.29 is 23.7 Å². The van der Waals surface area contributed by atoms with Gasteiger partial charge in [-0.1, -0.05) is 6.07 Å². The van der Waals surface area contributed by atoms with Crippen LogP contribution in [0, 0.1) is 0 Å². The van der Waals surface area contributed by atoms with Gasteiger partial charge in [-0.3, -0.25) is 4.79 Å². The molecule has 0 aromatic heterocycles. The molecule has 0 aliphatic heterocycles. The van der Waals surface area contributed by atoms with Crippen LogP contribution in [0.5, 0.6) is 23.0 Å². The molecule has 0 aliphatic carbocycles. The van der Waals surface area contributed by atoms with Gasteiger partial charge in [-0.05, 0) is 49.8 Å². The lowest BCUT2D eigenvalue weighted by Crippen LogP contribution is -2.09. The molecule has 0 fully saturated rings. The normalized spacial score (nSPS) is 10.7. The lowest BCUT2D eigenvalue weighted by Gasteiger charge is -2.13. The molecule has 0 unspecified atom stereocenters. The Labute approximate surface area is 159 Å². The molecule has 0 heterocycles. The topological polar surface area (TPSA) is 66.0 Å². The largest absolute Gasteiger partial charge is 0.497 e. The zero-order chi connectivity index (χ0) is 19.8. The Morgan fingerprint density at radius 2 is 1.63 bits per heavy atom. The van der Waals surface area contributed by atoms with Crippen LogP contribution < -0.4 is 24.3 Å². The van der Waals surface area contributed by atoms with Crippen molar-refractivity contribution in [2.24, 2.45) is 0 Å². The van der Waals surface area contributed by atoms with E-state index in [-0.39, 0.29) is 12.0 Å². The monoisotopic (exact) mass is 371 g/mol. The van der Waals surface area contributed by atoms with E-state index in [4.69, 9.17) is 18.9 Å². The lowest BCUT2D eigenvalue weighted by atomic mass is 10.2. The Kier molecular flexibility index (Phi) is 7.11. The van der Waals surface area contributed by atoms with E-state index in [0.29, 0.717) is 28.7 Å². The number of hydrogen-bond donors (Lipinski definition) is 1. The van der Waals surface area contributed by atoms with Gasteiger partial charge in [0.05, 0.1) is 33.1 Å². The standard InChI is InChI=1S/C21H25NO5/c1-14(2)27-19-9-6-15(12-20(19)26-5)7-11-21(23)22-17-13-16(24-3)8-10-18(17)25-4/h6-14H,1-5H3,(H,22,23). The first-order chi connectivity index (χ1) is 13.0.